The van der Waals surface area contributed by atoms with E-state index in [9.17, 15) is 4.79 Å². The average Bonchev–Trinajstić information content (AvgIpc) is 2.45. The molecular weight excluding hydrogens is 162 g/mol. The molecule has 1 N–H and O–H groups in total. The Labute approximate surface area is 81.1 Å². The minimum atomic E-state index is 0.122. The van der Waals surface area contributed by atoms with Crippen LogP contribution in [0.25, 0.3) is 0 Å². The summed E-state index contributed by atoms with van der Waals surface area (Å²) >= 11 is 0. The zero-order valence-corrected chi connectivity index (χ0v) is 8.97. The van der Waals surface area contributed by atoms with Crippen LogP contribution in [-0.2, 0) is 4.79 Å². The molecule has 0 saturated heterocycles. The molecule has 0 aliphatic heterocycles. The quantitative estimate of drug-likeness (QED) is 0.715. The number of rotatable bonds is 3. The first-order valence-electron chi connectivity index (χ1n) is 5.44. The molecule has 0 heterocycles. The molecule has 0 radical (unpaired) electrons. The van der Waals surface area contributed by atoms with Crippen molar-refractivity contribution in [3.05, 3.63) is 0 Å². The Morgan fingerprint density at radius 2 is 1.69 bits per heavy atom. The second kappa shape index (κ2) is 4.64. The highest BCUT2D eigenvalue weighted by Crippen LogP contribution is 2.36. The Morgan fingerprint density at radius 1 is 1.23 bits per heavy atom. The molecule has 1 aliphatic carbocycles. The fraction of sp³-hybridized carbons (Fsp3) is 0.909. The van der Waals surface area contributed by atoms with Crippen LogP contribution >= 0.6 is 0 Å². The normalized spacial score (nSPS) is 33.3. The first kappa shape index (κ1) is 10.6. The summed E-state index contributed by atoms with van der Waals surface area (Å²) in [5, 5.41) is 3.03. The van der Waals surface area contributed by atoms with Crippen molar-refractivity contribution >= 4 is 5.91 Å². The standard InChI is InChI=1S/C11H21NO/c1-4-9-6-11(12-8(3)13)7-10(9)5-2/h9-11H,4-7H2,1-3H3,(H,12,13). The molecule has 2 nitrogen and oxygen atoms in total. The van der Waals surface area contributed by atoms with Gasteiger partial charge in [0.1, 0.15) is 0 Å². The van der Waals surface area contributed by atoms with Gasteiger partial charge in [-0.1, -0.05) is 26.7 Å². The zero-order valence-electron chi connectivity index (χ0n) is 8.97. The van der Waals surface area contributed by atoms with E-state index in [0.717, 1.165) is 11.8 Å². The van der Waals surface area contributed by atoms with Crippen LogP contribution < -0.4 is 5.32 Å². The van der Waals surface area contributed by atoms with E-state index in [2.05, 4.69) is 19.2 Å². The van der Waals surface area contributed by atoms with Gasteiger partial charge in [0.2, 0.25) is 5.91 Å². The Hall–Kier alpha value is -0.530. The topological polar surface area (TPSA) is 29.1 Å². The van der Waals surface area contributed by atoms with Crippen molar-refractivity contribution in [2.24, 2.45) is 11.8 Å². The number of carbonyl (C=O) groups excluding carboxylic acids is 1. The minimum Gasteiger partial charge on any atom is -0.354 e. The van der Waals surface area contributed by atoms with Crippen LogP contribution in [-0.4, -0.2) is 11.9 Å². The molecule has 2 atom stereocenters. The highest BCUT2D eigenvalue weighted by Gasteiger charge is 2.31. The summed E-state index contributed by atoms with van der Waals surface area (Å²) < 4.78 is 0. The van der Waals surface area contributed by atoms with Crippen LogP contribution in [0.2, 0.25) is 0 Å². The van der Waals surface area contributed by atoms with Gasteiger partial charge in [-0.15, -0.1) is 0 Å². The molecule has 1 aliphatic rings. The summed E-state index contributed by atoms with van der Waals surface area (Å²) in [6, 6.07) is 0.451. The van der Waals surface area contributed by atoms with E-state index in [1.54, 1.807) is 6.92 Å². The Balaban J connectivity index is 2.43. The van der Waals surface area contributed by atoms with E-state index in [4.69, 9.17) is 0 Å². The van der Waals surface area contributed by atoms with E-state index in [0.29, 0.717) is 6.04 Å². The zero-order chi connectivity index (χ0) is 9.84. The van der Waals surface area contributed by atoms with Crippen LogP contribution in [0, 0.1) is 11.8 Å². The fourth-order valence-corrected chi connectivity index (χ4v) is 2.62. The van der Waals surface area contributed by atoms with Gasteiger partial charge in [0.15, 0.2) is 0 Å². The van der Waals surface area contributed by atoms with E-state index in [1.165, 1.54) is 25.7 Å². The number of carbonyl (C=O) groups is 1. The van der Waals surface area contributed by atoms with Gasteiger partial charge in [-0.2, -0.15) is 0 Å². The summed E-state index contributed by atoms with van der Waals surface area (Å²) in [4.78, 5) is 10.9. The number of hydrogen-bond donors (Lipinski definition) is 1. The van der Waals surface area contributed by atoms with Crippen molar-refractivity contribution in [1.82, 2.24) is 5.32 Å². The summed E-state index contributed by atoms with van der Waals surface area (Å²) in [7, 11) is 0. The van der Waals surface area contributed by atoms with Crippen molar-refractivity contribution < 1.29 is 4.79 Å². The Morgan fingerprint density at radius 3 is 2.00 bits per heavy atom. The fourth-order valence-electron chi connectivity index (χ4n) is 2.62. The minimum absolute atomic E-state index is 0.122. The molecular formula is C11H21NO. The molecule has 1 saturated carbocycles. The lowest BCUT2D eigenvalue weighted by molar-refractivity contribution is -0.119. The lowest BCUT2D eigenvalue weighted by Crippen LogP contribution is -2.30. The molecule has 1 fully saturated rings. The maximum absolute atomic E-state index is 10.9. The second-order valence-corrected chi connectivity index (χ2v) is 4.21. The Kier molecular flexibility index (Phi) is 3.76. The summed E-state index contributed by atoms with van der Waals surface area (Å²) in [6.07, 6.45) is 4.90. The van der Waals surface area contributed by atoms with E-state index >= 15 is 0 Å². The summed E-state index contributed by atoms with van der Waals surface area (Å²) in [5.74, 6) is 1.79. The van der Waals surface area contributed by atoms with Gasteiger partial charge >= 0.3 is 0 Å². The van der Waals surface area contributed by atoms with Gasteiger partial charge in [-0.05, 0) is 24.7 Å². The monoisotopic (exact) mass is 183 g/mol. The van der Waals surface area contributed by atoms with Crippen LogP contribution in [0.3, 0.4) is 0 Å². The largest absolute Gasteiger partial charge is 0.354 e. The van der Waals surface area contributed by atoms with Crippen molar-refractivity contribution in [2.45, 2.75) is 52.5 Å². The highest BCUT2D eigenvalue weighted by atomic mass is 16.1. The highest BCUT2D eigenvalue weighted by molar-refractivity contribution is 5.73. The molecule has 1 rings (SSSR count). The van der Waals surface area contributed by atoms with Gasteiger partial charge in [0.05, 0.1) is 0 Å². The first-order chi connectivity index (χ1) is 6.17. The van der Waals surface area contributed by atoms with Crippen LogP contribution in [0.15, 0.2) is 0 Å². The predicted molar refractivity (Wildman–Crippen MR) is 54.4 cm³/mol. The van der Waals surface area contributed by atoms with Crippen molar-refractivity contribution in [1.29, 1.82) is 0 Å². The van der Waals surface area contributed by atoms with Crippen LogP contribution in [0.1, 0.15) is 46.5 Å². The molecule has 0 aromatic rings. The molecule has 0 spiro atoms. The van der Waals surface area contributed by atoms with Crippen molar-refractivity contribution in [2.75, 3.05) is 0 Å². The smallest absolute Gasteiger partial charge is 0.217 e. The van der Waals surface area contributed by atoms with Crippen molar-refractivity contribution in [3.8, 4) is 0 Å². The summed E-state index contributed by atoms with van der Waals surface area (Å²) in [5.41, 5.74) is 0. The van der Waals surface area contributed by atoms with E-state index in [1.807, 2.05) is 0 Å². The molecule has 0 aromatic heterocycles. The van der Waals surface area contributed by atoms with Gasteiger partial charge in [0, 0.05) is 13.0 Å². The maximum Gasteiger partial charge on any atom is 0.217 e. The lowest BCUT2D eigenvalue weighted by atomic mass is 9.92. The van der Waals surface area contributed by atoms with E-state index < -0.39 is 0 Å². The number of amides is 1. The van der Waals surface area contributed by atoms with E-state index in [-0.39, 0.29) is 5.91 Å². The van der Waals surface area contributed by atoms with Gasteiger partial charge in [-0.3, -0.25) is 4.79 Å². The van der Waals surface area contributed by atoms with Crippen molar-refractivity contribution in [3.63, 3.8) is 0 Å². The average molecular weight is 183 g/mol. The second-order valence-electron chi connectivity index (χ2n) is 4.21. The number of hydrogen-bond acceptors (Lipinski definition) is 1. The molecule has 0 bridgehead atoms. The molecule has 0 aromatic carbocycles. The third-order valence-electron chi connectivity index (χ3n) is 3.30. The molecule has 2 heteroatoms. The maximum atomic E-state index is 10.9. The molecule has 1 amide bonds. The lowest BCUT2D eigenvalue weighted by Gasteiger charge is -2.14. The molecule has 13 heavy (non-hydrogen) atoms. The van der Waals surface area contributed by atoms with Gasteiger partial charge in [-0.25, -0.2) is 0 Å². The third kappa shape index (κ3) is 2.71. The van der Waals surface area contributed by atoms with Crippen LogP contribution in [0.5, 0.6) is 0 Å². The molecule has 2 unspecified atom stereocenters. The SMILES string of the molecule is CCC1CC(NC(C)=O)CC1CC. The number of nitrogens with one attached hydrogen (secondary N) is 1. The first-order valence-corrected chi connectivity index (χ1v) is 5.44. The predicted octanol–water partition coefficient (Wildman–Crippen LogP) is 2.34. The third-order valence-corrected chi connectivity index (χ3v) is 3.30. The molecule has 76 valence electrons. The van der Waals surface area contributed by atoms with Gasteiger partial charge < -0.3 is 5.32 Å². The Bertz CT molecular complexity index is 167. The summed E-state index contributed by atoms with van der Waals surface area (Å²) in [6.45, 7) is 6.12. The van der Waals surface area contributed by atoms with Crippen LogP contribution in [0.4, 0.5) is 0 Å². The van der Waals surface area contributed by atoms with Gasteiger partial charge in [0.25, 0.3) is 0 Å².